The molecule has 0 bridgehead atoms. The van der Waals surface area contributed by atoms with E-state index in [9.17, 15) is 13.2 Å². The van der Waals surface area contributed by atoms with E-state index in [0.717, 1.165) is 10.9 Å². The van der Waals surface area contributed by atoms with Crippen molar-refractivity contribution in [2.45, 2.75) is 45.1 Å². The molecule has 0 saturated carbocycles. The highest BCUT2D eigenvalue weighted by atomic mass is 19.3. The molecular weight excluding hydrogens is 473 g/mol. The first-order valence-corrected chi connectivity index (χ1v) is 11.4. The maximum atomic E-state index is 14.8. The highest BCUT2D eigenvalue weighted by molar-refractivity contribution is 5.87. The number of piperidine rings is 1. The summed E-state index contributed by atoms with van der Waals surface area (Å²) in [5.41, 5.74) is 2.72. The topological polar surface area (TPSA) is 97.7 Å². The maximum Gasteiger partial charge on any atom is 0.320 e. The third-order valence-corrected chi connectivity index (χ3v) is 6.42. The fourth-order valence-corrected chi connectivity index (χ4v) is 4.56. The van der Waals surface area contributed by atoms with Gasteiger partial charge in [-0.15, -0.1) is 5.10 Å². The number of nitriles is 1. The number of fused-ring (bicyclic) bond motifs is 1. The quantitative estimate of drug-likeness (QED) is 0.360. The molecule has 3 aromatic heterocycles. The van der Waals surface area contributed by atoms with Crippen LogP contribution >= 0.6 is 0 Å². The van der Waals surface area contributed by atoms with Gasteiger partial charge >= 0.3 is 6.55 Å². The van der Waals surface area contributed by atoms with Gasteiger partial charge in [0.25, 0.3) is 0 Å². The van der Waals surface area contributed by atoms with Gasteiger partial charge in [-0.1, -0.05) is 11.3 Å². The molecule has 2 unspecified atom stereocenters. The van der Waals surface area contributed by atoms with Crippen molar-refractivity contribution in [1.29, 1.82) is 5.26 Å². The number of alkyl halides is 3. The Labute approximate surface area is 204 Å². The number of aromatic nitrogens is 6. The van der Waals surface area contributed by atoms with Crippen molar-refractivity contribution in [2.75, 3.05) is 13.1 Å². The fourth-order valence-electron chi connectivity index (χ4n) is 4.56. The van der Waals surface area contributed by atoms with Crippen molar-refractivity contribution < 1.29 is 17.9 Å². The van der Waals surface area contributed by atoms with Crippen LogP contribution in [-0.4, -0.2) is 53.7 Å². The molecule has 36 heavy (non-hydrogen) atoms. The van der Waals surface area contributed by atoms with Gasteiger partial charge in [0.2, 0.25) is 0 Å². The molecule has 1 saturated heterocycles. The SMILES string of the molecule is Cc1c(-c2cc(O[C@H](C)c3ccccn3)c3c(c2)ncn3C(F)F)nnn1C1CCN(C#N)CC1F. The lowest BCUT2D eigenvalue weighted by atomic mass is 10.0. The molecule has 0 amide bonds. The van der Waals surface area contributed by atoms with E-state index in [1.54, 1.807) is 44.3 Å². The maximum absolute atomic E-state index is 14.8. The Morgan fingerprint density at radius 3 is 2.75 bits per heavy atom. The van der Waals surface area contributed by atoms with Gasteiger partial charge in [-0.2, -0.15) is 14.0 Å². The van der Waals surface area contributed by atoms with Crippen LogP contribution in [0.25, 0.3) is 22.3 Å². The summed E-state index contributed by atoms with van der Waals surface area (Å²) in [4.78, 5) is 9.83. The zero-order valence-electron chi connectivity index (χ0n) is 19.6. The van der Waals surface area contributed by atoms with Crippen molar-refractivity contribution in [1.82, 2.24) is 34.4 Å². The number of ether oxygens (including phenoxy) is 1. The first kappa shape index (κ1) is 23.6. The van der Waals surface area contributed by atoms with E-state index in [1.807, 2.05) is 12.3 Å². The minimum atomic E-state index is -2.81. The largest absolute Gasteiger partial charge is 0.482 e. The van der Waals surface area contributed by atoms with Gasteiger partial charge in [-0.25, -0.2) is 14.1 Å². The molecule has 5 rings (SSSR count). The smallest absolute Gasteiger partial charge is 0.320 e. The first-order chi connectivity index (χ1) is 17.4. The molecular formula is C24H23F3N8O. The second-order valence-corrected chi connectivity index (χ2v) is 8.67. The van der Waals surface area contributed by atoms with Crippen LogP contribution in [0, 0.1) is 18.4 Å². The summed E-state index contributed by atoms with van der Waals surface area (Å²) in [5, 5.41) is 17.5. The summed E-state index contributed by atoms with van der Waals surface area (Å²) in [6, 6.07) is 8.08. The molecule has 4 aromatic rings. The van der Waals surface area contributed by atoms with E-state index in [4.69, 9.17) is 10.00 Å². The molecule has 0 aliphatic carbocycles. The van der Waals surface area contributed by atoms with Crippen LogP contribution in [-0.2, 0) is 0 Å². The molecule has 0 N–H and O–H groups in total. The molecule has 1 aliphatic rings. The molecule has 12 heteroatoms. The molecule has 1 aromatic carbocycles. The second-order valence-electron chi connectivity index (χ2n) is 8.67. The number of halogens is 3. The first-order valence-electron chi connectivity index (χ1n) is 11.4. The van der Waals surface area contributed by atoms with Gasteiger partial charge in [0.05, 0.1) is 29.5 Å². The van der Waals surface area contributed by atoms with Crippen molar-refractivity contribution in [3.05, 3.63) is 54.2 Å². The molecule has 186 valence electrons. The lowest BCUT2D eigenvalue weighted by molar-refractivity contribution is 0.0737. The number of hydrogen-bond donors (Lipinski definition) is 0. The molecule has 1 aliphatic heterocycles. The minimum Gasteiger partial charge on any atom is -0.482 e. The molecule has 9 nitrogen and oxygen atoms in total. The standard InChI is InChI=1S/C24H23F3N8O/c1-14-22(31-32-35(14)20-6-8-33(12-28)11-17(20)25)16-9-19-23(34(13-30-19)24(26)27)21(10-16)36-15(2)18-5-3-4-7-29-18/h3-5,7,9-10,13,15,17,20,24H,6,8,11H2,1-2H3/t15-,17?,20?/m1/s1. The van der Waals surface area contributed by atoms with Gasteiger partial charge in [0, 0.05) is 18.3 Å². The highest BCUT2D eigenvalue weighted by Gasteiger charge is 2.33. The van der Waals surface area contributed by atoms with Gasteiger partial charge in [0.15, 0.2) is 6.19 Å². The van der Waals surface area contributed by atoms with E-state index in [-0.39, 0.29) is 17.8 Å². The summed E-state index contributed by atoms with van der Waals surface area (Å²) < 4.78 is 50.7. The summed E-state index contributed by atoms with van der Waals surface area (Å²) in [5.74, 6) is 0.193. The number of pyridine rings is 1. The summed E-state index contributed by atoms with van der Waals surface area (Å²) in [7, 11) is 0. The van der Waals surface area contributed by atoms with Gasteiger partial charge in [0.1, 0.15) is 35.6 Å². The van der Waals surface area contributed by atoms with Crippen LogP contribution in [0.2, 0.25) is 0 Å². The van der Waals surface area contributed by atoms with Crippen LogP contribution in [0.3, 0.4) is 0 Å². The Balaban J connectivity index is 1.55. The Bertz CT molecular complexity index is 1410. The number of nitrogens with zero attached hydrogens (tertiary/aromatic N) is 8. The molecule has 0 spiro atoms. The highest BCUT2D eigenvalue weighted by Crippen LogP contribution is 2.37. The predicted octanol–water partition coefficient (Wildman–Crippen LogP) is 4.60. The van der Waals surface area contributed by atoms with Crippen LogP contribution in [0.15, 0.2) is 42.9 Å². The van der Waals surface area contributed by atoms with Gasteiger partial charge in [-0.3, -0.25) is 9.55 Å². The van der Waals surface area contributed by atoms with Crippen molar-refractivity contribution in [2.24, 2.45) is 0 Å². The normalized spacial score (nSPS) is 19.0. The number of likely N-dealkylation sites (tertiary alicyclic amines) is 1. The zero-order chi connectivity index (χ0) is 25.4. The molecule has 3 atom stereocenters. The summed E-state index contributed by atoms with van der Waals surface area (Å²) >= 11 is 0. The van der Waals surface area contributed by atoms with Crippen LogP contribution in [0.5, 0.6) is 5.75 Å². The van der Waals surface area contributed by atoms with Crippen LogP contribution in [0.1, 0.15) is 43.4 Å². The molecule has 0 radical (unpaired) electrons. The second kappa shape index (κ2) is 9.49. The van der Waals surface area contributed by atoms with Crippen molar-refractivity contribution in [3.63, 3.8) is 0 Å². The Hall–Kier alpha value is -4.14. The zero-order valence-corrected chi connectivity index (χ0v) is 19.6. The van der Waals surface area contributed by atoms with E-state index < -0.39 is 24.9 Å². The van der Waals surface area contributed by atoms with Crippen molar-refractivity contribution in [3.8, 4) is 23.2 Å². The van der Waals surface area contributed by atoms with Crippen molar-refractivity contribution >= 4 is 11.0 Å². The number of benzene rings is 1. The summed E-state index contributed by atoms with van der Waals surface area (Å²) in [6.45, 7) is 1.17. The predicted molar refractivity (Wildman–Crippen MR) is 124 cm³/mol. The summed E-state index contributed by atoms with van der Waals surface area (Å²) in [6.07, 6.45) is 3.28. The average molecular weight is 496 g/mol. The van der Waals surface area contributed by atoms with Gasteiger partial charge in [-0.05, 0) is 44.5 Å². The molecule has 1 fully saturated rings. The van der Waals surface area contributed by atoms with E-state index >= 15 is 0 Å². The molecule has 4 heterocycles. The fraction of sp³-hybridized carbons (Fsp3) is 0.375. The van der Waals surface area contributed by atoms with E-state index in [1.165, 1.54) is 9.58 Å². The Morgan fingerprint density at radius 2 is 2.06 bits per heavy atom. The lowest BCUT2D eigenvalue weighted by Gasteiger charge is -2.31. The number of hydrogen-bond acceptors (Lipinski definition) is 7. The van der Waals surface area contributed by atoms with Crippen LogP contribution < -0.4 is 4.74 Å². The van der Waals surface area contributed by atoms with E-state index in [0.29, 0.717) is 41.1 Å². The lowest BCUT2D eigenvalue weighted by Crippen LogP contribution is -2.40. The van der Waals surface area contributed by atoms with Crippen LogP contribution in [0.4, 0.5) is 13.2 Å². The third-order valence-electron chi connectivity index (χ3n) is 6.42. The number of rotatable bonds is 6. The van der Waals surface area contributed by atoms with Gasteiger partial charge < -0.3 is 9.64 Å². The Morgan fingerprint density at radius 1 is 1.22 bits per heavy atom. The minimum absolute atomic E-state index is 0.00375. The van der Waals surface area contributed by atoms with E-state index in [2.05, 4.69) is 20.3 Å². The Kier molecular flexibility index (Phi) is 6.22. The monoisotopic (exact) mass is 496 g/mol. The average Bonchev–Trinajstić information content (AvgIpc) is 3.48. The third kappa shape index (κ3) is 4.21. The number of imidazole rings is 1.